The Hall–Kier alpha value is -4.27. The molecule has 0 spiro atoms. The highest BCUT2D eigenvalue weighted by atomic mass is 19.1. The molecule has 0 aliphatic carbocycles. The van der Waals surface area contributed by atoms with Crippen LogP contribution >= 0.6 is 0 Å². The molecule has 0 saturated carbocycles. The maximum absolute atomic E-state index is 16.1. The number of carbonyl (C=O) groups excluding carboxylic acids is 2. The van der Waals surface area contributed by atoms with Crippen LogP contribution in [-0.2, 0) is 22.5 Å². The van der Waals surface area contributed by atoms with E-state index in [9.17, 15) is 9.59 Å². The molecular formula is C29H30FN5O3. The number of methoxy groups -OCH3 is 1. The van der Waals surface area contributed by atoms with E-state index in [4.69, 9.17) is 4.74 Å². The van der Waals surface area contributed by atoms with Gasteiger partial charge in [-0.25, -0.2) is 9.18 Å². The maximum Gasteiger partial charge on any atom is 0.354 e. The highest BCUT2D eigenvalue weighted by Gasteiger charge is 2.25. The predicted molar refractivity (Wildman–Crippen MR) is 143 cm³/mol. The van der Waals surface area contributed by atoms with Crippen molar-refractivity contribution in [3.63, 3.8) is 0 Å². The van der Waals surface area contributed by atoms with Gasteiger partial charge in [0.25, 0.3) is 0 Å². The van der Waals surface area contributed by atoms with Gasteiger partial charge in [0.15, 0.2) is 5.82 Å². The summed E-state index contributed by atoms with van der Waals surface area (Å²) in [7, 11) is 1.29. The Bertz CT molecular complexity index is 1540. The minimum Gasteiger partial charge on any atom is -0.464 e. The summed E-state index contributed by atoms with van der Waals surface area (Å²) in [5, 5.41) is 4.74. The minimum absolute atomic E-state index is 0.00309. The van der Waals surface area contributed by atoms with Gasteiger partial charge in [0.1, 0.15) is 5.69 Å². The number of H-pyrrole nitrogens is 1. The van der Waals surface area contributed by atoms with E-state index in [1.54, 1.807) is 28.0 Å². The zero-order chi connectivity index (χ0) is 26.8. The van der Waals surface area contributed by atoms with Gasteiger partial charge in [-0.3, -0.25) is 14.5 Å². The van der Waals surface area contributed by atoms with Crippen LogP contribution in [0.4, 0.5) is 4.39 Å². The Morgan fingerprint density at radius 3 is 2.76 bits per heavy atom. The smallest absolute Gasteiger partial charge is 0.354 e. The number of nitrogens with one attached hydrogen (secondary N) is 1. The summed E-state index contributed by atoms with van der Waals surface area (Å²) in [5.41, 5.74) is 5.15. The van der Waals surface area contributed by atoms with Crippen molar-refractivity contribution in [2.24, 2.45) is 0 Å². The highest BCUT2D eigenvalue weighted by Crippen LogP contribution is 2.38. The van der Waals surface area contributed by atoms with E-state index in [1.165, 1.54) is 7.11 Å². The summed E-state index contributed by atoms with van der Waals surface area (Å²) in [5.74, 6) is -1.04. The Morgan fingerprint density at radius 1 is 1.18 bits per heavy atom. The average Bonchev–Trinajstić information content (AvgIpc) is 3.63. The van der Waals surface area contributed by atoms with E-state index in [0.717, 1.165) is 34.4 Å². The summed E-state index contributed by atoms with van der Waals surface area (Å²) in [6, 6.07) is 7.30. The third-order valence-electron chi connectivity index (χ3n) is 7.02. The molecule has 0 saturated heterocycles. The molecule has 1 aliphatic heterocycles. The van der Waals surface area contributed by atoms with Crippen molar-refractivity contribution in [3.05, 3.63) is 77.3 Å². The van der Waals surface area contributed by atoms with Crippen molar-refractivity contribution in [1.82, 2.24) is 24.6 Å². The van der Waals surface area contributed by atoms with Crippen molar-refractivity contribution < 1.29 is 18.7 Å². The molecule has 196 valence electrons. The molecule has 0 radical (unpaired) electrons. The van der Waals surface area contributed by atoms with Crippen LogP contribution in [0.1, 0.15) is 47.1 Å². The van der Waals surface area contributed by atoms with Crippen LogP contribution in [0.3, 0.4) is 0 Å². The first-order valence-electron chi connectivity index (χ1n) is 12.7. The first-order valence-corrected chi connectivity index (χ1v) is 12.7. The van der Waals surface area contributed by atoms with Crippen LogP contribution in [0.15, 0.2) is 48.9 Å². The van der Waals surface area contributed by atoms with Gasteiger partial charge in [0.05, 0.1) is 12.6 Å². The highest BCUT2D eigenvalue weighted by molar-refractivity contribution is 6.03. The van der Waals surface area contributed by atoms with Crippen LogP contribution in [0, 0.1) is 12.7 Å². The molecule has 1 amide bonds. The number of hydrogen-bond donors (Lipinski definition) is 1. The molecule has 4 aromatic rings. The summed E-state index contributed by atoms with van der Waals surface area (Å²) in [4.78, 5) is 34.5. The monoisotopic (exact) mass is 515 g/mol. The van der Waals surface area contributed by atoms with Crippen molar-refractivity contribution in [1.29, 1.82) is 0 Å². The fourth-order valence-corrected chi connectivity index (χ4v) is 5.04. The fourth-order valence-electron chi connectivity index (χ4n) is 5.04. The number of hydrogen-bond acceptors (Lipinski definition) is 5. The number of nitrogens with zero attached hydrogens (tertiary/aromatic N) is 4. The number of esters is 1. The number of amides is 1. The number of carbonyl (C=O) groups is 2. The largest absolute Gasteiger partial charge is 0.464 e. The number of ether oxygens (including phenoxy) is 1. The van der Waals surface area contributed by atoms with Gasteiger partial charge < -0.3 is 14.6 Å². The van der Waals surface area contributed by atoms with Crippen LogP contribution in [-0.4, -0.2) is 56.7 Å². The Kier molecular flexibility index (Phi) is 7.09. The third-order valence-corrected chi connectivity index (χ3v) is 7.02. The maximum atomic E-state index is 16.1. The van der Waals surface area contributed by atoms with E-state index in [-0.39, 0.29) is 17.1 Å². The predicted octanol–water partition coefficient (Wildman–Crippen LogP) is 4.93. The van der Waals surface area contributed by atoms with Gasteiger partial charge in [0, 0.05) is 66.9 Å². The SMILES string of the molecule is CCc1cc(C)ncc1-c1cc(C2=CCCN(C(=O)CCn3cccn3)C2)c(F)c2[nH]c(C(=O)OC)cc12. The van der Waals surface area contributed by atoms with Gasteiger partial charge in [0.2, 0.25) is 5.91 Å². The van der Waals surface area contributed by atoms with Gasteiger partial charge in [-0.05, 0) is 60.7 Å². The Labute approximate surface area is 220 Å². The Morgan fingerprint density at radius 2 is 2.03 bits per heavy atom. The zero-order valence-electron chi connectivity index (χ0n) is 21.8. The standard InChI is InChI=1S/C29H30FN5O3/c1-4-19-13-18(2)31-16-24(19)22-14-21(27(30)28-23(22)15-25(33-28)29(37)38-3)20-7-5-10-34(17-20)26(36)8-12-35-11-6-9-32-35/h6-7,9,11,13-16,33H,4-5,8,10,12,17H2,1-3H3. The first-order chi connectivity index (χ1) is 18.4. The second kappa shape index (κ2) is 10.6. The van der Waals surface area contributed by atoms with Crippen molar-refractivity contribution >= 4 is 28.4 Å². The molecular weight excluding hydrogens is 485 g/mol. The second-order valence-corrected chi connectivity index (χ2v) is 9.44. The summed E-state index contributed by atoms with van der Waals surface area (Å²) >= 11 is 0. The van der Waals surface area contributed by atoms with E-state index in [1.807, 2.05) is 37.4 Å². The van der Waals surface area contributed by atoms with Crippen LogP contribution in [0.2, 0.25) is 0 Å². The molecule has 0 atom stereocenters. The molecule has 38 heavy (non-hydrogen) atoms. The summed E-state index contributed by atoms with van der Waals surface area (Å²) < 4.78 is 22.7. The summed E-state index contributed by atoms with van der Waals surface area (Å²) in [6.07, 6.45) is 9.00. The molecule has 1 aromatic carbocycles. The number of benzene rings is 1. The van der Waals surface area contributed by atoms with Crippen LogP contribution in [0.25, 0.3) is 27.6 Å². The van der Waals surface area contributed by atoms with Gasteiger partial charge in [-0.15, -0.1) is 0 Å². The molecule has 8 nitrogen and oxygen atoms in total. The third kappa shape index (κ3) is 4.83. The second-order valence-electron chi connectivity index (χ2n) is 9.44. The van der Waals surface area contributed by atoms with E-state index < -0.39 is 11.8 Å². The number of rotatable bonds is 7. The van der Waals surface area contributed by atoms with Crippen molar-refractivity contribution in [2.75, 3.05) is 20.2 Å². The van der Waals surface area contributed by atoms with Crippen LogP contribution < -0.4 is 0 Å². The lowest BCUT2D eigenvalue weighted by molar-refractivity contribution is -0.131. The molecule has 1 aliphatic rings. The number of halogens is 1. The first kappa shape index (κ1) is 25.4. The molecule has 0 bridgehead atoms. The number of aromatic amines is 1. The molecule has 4 heterocycles. The fraction of sp³-hybridized carbons (Fsp3) is 0.310. The lowest BCUT2D eigenvalue weighted by Gasteiger charge is -2.28. The number of aromatic nitrogens is 4. The van der Waals surface area contributed by atoms with Gasteiger partial charge in [-0.2, -0.15) is 5.10 Å². The van der Waals surface area contributed by atoms with E-state index >= 15 is 4.39 Å². The lowest BCUT2D eigenvalue weighted by Crippen LogP contribution is -2.36. The number of aryl methyl sites for hydroxylation is 3. The quantitative estimate of drug-likeness (QED) is 0.353. The molecule has 0 unspecified atom stereocenters. The molecule has 9 heteroatoms. The molecule has 1 N–H and O–H groups in total. The van der Waals surface area contributed by atoms with Crippen molar-refractivity contribution in [2.45, 2.75) is 39.7 Å². The van der Waals surface area contributed by atoms with E-state index in [2.05, 4.69) is 22.0 Å². The molecule has 3 aromatic heterocycles. The average molecular weight is 516 g/mol. The lowest BCUT2D eigenvalue weighted by atomic mass is 9.91. The number of pyridine rings is 1. The van der Waals surface area contributed by atoms with Gasteiger partial charge >= 0.3 is 5.97 Å². The summed E-state index contributed by atoms with van der Waals surface area (Å²) in [6.45, 7) is 5.37. The van der Waals surface area contributed by atoms with E-state index in [0.29, 0.717) is 43.4 Å². The van der Waals surface area contributed by atoms with Crippen molar-refractivity contribution in [3.8, 4) is 11.1 Å². The molecule has 5 rings (SSSR count). The van der Waals surface area contributed by atoms with Crippen LogP contribution in [0.5, 0.6) is 0 Å². The van der Waals surface area contributed by atoms with Gasteiger partial charge in [-0.1, -0.05) is 13.0 Å². The minimum atomic E-state index is -0.573. The molecule has 0 fully saturated rings. The number of fused-ring (bicyclic) bond motifs is 1. The normalized spacial score (nSPS) is 13.6. The topological polar surface area (TPSA) is 93.1 Å². The Balaban J connectivity index is 1.56. The zero-order valence-corrected chi connectivity index (χ0v) is 21.8.